The van der Waals surface area contributed by atoms with Crippen LogP contribution in [0.15, 0.2) is 0 Å². The fourth-order valence-corrected chi connectivity index (χ4v) is 4.69. The number of ether oxygens (including phenoxy) is 2. The van der Waals surface area contributed by atoms with E-state index in [9.17, 15) is 0 Å². The summed E-state index contributed by atoms with van der Waals surface area (Å²) < 4.78 is 11.7. The first-order valence-electron chi connectivity index (χ1n) is 8.23. The van der Waals surface area contributed by atoms with Crippen molar-refractivity contribution in [2.24, 2.45) is 17.1 Å². The third kappa shape index (κ3) is 2.12. The molecule has 3 fully saturated rings. The summed E-state index contributed by atoms with van der Waals surface area (Å²) >= 11 is 0. The Labute approximate surface area is 123 Å². The maximum atomic E-state index is 6.85. The van der Waals surface area contributed by atoms with Gasteiger partial charge in [0.05, 0.1) is 12.2 Å². The zero-order valence-corrected chi connectivity index (χ0v) is 13.2. The molecular formula is C16H30N2O2. The summed E-state index contributed by atoms with van der Waals surface area (Å²) in [7, 11) is 0. The number of nitrogens with two attached hydrogens (primary N) is 1. The number of likely N-dealkylation sites (tertiary alicyclic amines) is 1. The molecule has 0 amide bonds. The van der Waals surface area contributed by atoms with Crippen molar-refractivity contribution in [2.75, 3.05) is 32.8 Å². The van der Waals surface area contributed by atoms with Crippen molar-refractivity contribution < 1.29 is 9.47 Å². The summed E-state index contributed by atoms with van der Waals surface area (Å²) in [5, 5.41) is 0. The van der Waals surface area contributed by atoms with Crippen molar-refractivity contribution in [3.8, 4) is 0 Å². The van der Waals surface area contributed by atoms with Gasteiger partial charge in [-0.25, -0.2) is 0 Å². The first kappa shape index (κ1) is 14.8. The molecule has 4 unspecified atom stereocenters. The summed E-state index contributed by atoms with van der Waals surface area (Å²) in [5.74, 6) is 0.546. The van der Waals surface area contributed by atoms with E-state index in [0.717, 1.165) is 39.3 Å². The van der Waals surface area contributed by atoms with E-state index in [4.69, 9.17) is 15.2 Å². The topological polar surface area (TPSA) is 47.7 Å². The zero-order valence-electron chi connectivity index (χ0n) is 13.2. The highest BCUT2D eigenvalue weighted by molar-refractivity contribution is 5.21. The molecule has 4 heteroatoms. The smallest absolute Gasteiger partial charge is 0.0702 e. The lowest BCUT2D eigenvalue weighted by molar-refractivity contribution is -0.166. The third-order valence-corrected chi connectivity index (χ3v) is 6.01. The predicted octanol–water partition coefficient (Wildman–Crippen LogP) is 1.63. The van der Waals surface area contributed by atoms with Gasteiger partial charge in [0.25, 0.3) is 0 Å². The van der Waals surface area contributed by atoms with Gasteiger partial charge in [0, 0.05) is 43.2 Å². The fraction of sp³-hybridized carbons (Fsp3) is 1.00. The summed E-state index contributed by atoms with van der Waals surface area (Å²) in [6, 6.07) is 0. The number of rotatable bonds is 4. The molecule has 0 spiro atoms. The largest absolute Gasteiger partial charge is 0.377 e. The van der Waals surface area contributed by atoms with E-state index in [1.165, 1.54) is 12.8 Å². The summed E-state index contributed by atoms with van der Waals surface area (Å²) in [4.78, 5) is 2.53. The van der Waals surface area contributed by atoms with E-state index in [1.54, 1.807) is 0 Å². The van der Waals surface area contributed by atoms with Gasteiger partial charge in [0.15, 0.2) is 0 Å². The van der Waals surface area contributed by atoms with Crippen LogP contribution in [0, 0.1) is 11.3 Å². The van der Waals surface area contributed by atoms with E-state index in [2.05, 4.69) is 25.7 Å². The summed E-state index contributed by atoms with van der Waals surface area (Å²) in [6.45, 7) is 11.5. The Bertz CT molecular complexity index is 358. The Morgan fingerprint density at radius 1 is 1.35 bits per heavy atom. The van der Waals surface area contributed by atoms with Crippen molar-refractivity contribution in [2.45, 2.75) is 57.8 Å². The van der Waals surface area contributed by atoms with Crippen LogP contribution >= 0.6 is 0 Å². The summed E-state index contributed by atoms with van der Waals surface area (Å²) in [6.07, 6.45) is 4.33. The van der Waals surface area contributed by atoms with Gasteiger partial charge >= 0.3 is 0 Å². The Hall–Kier alpha value is -0.160. The first-order valence-corrected chi connectivity index (χ1v) is 8.23. The molecule has 4 nitrogen and oxygen atoms in total. The molecule has 2 saturated heterocycles. The maximum Gasteiger partial charge on any atom is 0.0702 e. The number of nitrogens with zero attached hydrogens (tertiary/aromatic N) is 1. The first-order chi connectivity index (χ1) is 9.49. The molecular weight excluding hydrogens is 252 g/mol. The molecule has 2 heterocycles. The van der Waals surface area contributed by atoms with Gasteiger partial charge in [-0.15, -0.1) is 0 Å². The molecule has 0 aromatic heterocycles. The number of hydrogen-bond acceptors (Lipinski definition) is 4. The quantitative estimate of drug-likeness (QED) is 0.851. The highest BCUT2D eigenvalue weighted by atomic mass is 16.5. The van der Waals surface area contributed by atoms with Crippen LogP contribution in [0.5, 0.6) is 0 Å². The van der Waals surface area contributed by atoms with E-state index in [-0.39, 0.29) is 11.0 Å². The molecule has 3 rings (SSSR count). The van der Waals surface area contributed by atoms with Crippen molar-refractivity contribution in [3.05, 3.63) is 0 Å². The van der Waals surface area contributed by atoms with Crippen molar-refractivity contribution in [1.82, 2.24) is 4.90 Å². The van der Waals surface area contributed by atoms with Crippen molar-refractivity contribution in [1.29, 1.82) is 0 Å². The van der Waals surface area contributed by atoms with Gasteiger partial charge in [0.2, 0.25) is 0 Å². The standard InChI is InChI=1S/C16H30N2O2/c1-4-19-12-6-5-8-18(10-12)11-16(17)13-7-9-20-14(13)15(16,2)3/h12-14H,4-11,17H2,1-3H3. The van der Waals surface area contributed by atoms with Crippen LogP contribution in [0.3, 0.4) is 0 Å². The van der Waals surface area contributed by atoms with Gasteiger partial charge in [-0.3, -0.25) is 4.90 Å². The molecule has 0 bridgehead atoms. The third-order valence-electron chi connectivity index (χ3n) is 6.01. The fourth-order valence-electron chi connectivity index (χ4n) is 4.69. The second-order valence-corrected chi connectivity index (χ2v) is 7.40. The van der Waals surface area contributed by atoms with E-state index in [1.807, 2.05) is 0 Å². The van der Waals surface area contributed by atoms with Gasteiger partial charge in [-0.05, 0) is 32.7 Å². The lowest BCUT2D eigenvalue weighted by Crippen LogP contribution is -2.78. The van der Waals surface area contributed by atoms with Crippen LogP contribution in [0.2, 0.25) is 0 Å². The molecule has 0 aromatic rings. The minimum absolute atomic E-state index is 0.0900. The second-order valence-electron chi connectivity index (χ2n) is 7.40. The minimum Gasteiger partial charge on any atom is -0.377 e. The van der Waals surface area contributed by atoms with E-state index < -0.39 is 0 Å². The Kier molecular flexibility index (Phi) is 3.87. The molecule has 20 heavy (non-hydrogen) atoms. The molecule has 0 aromatic carbocycles. The molecule has 3 aliphatic rings. The lowest BCUT2D eigenvalue weighted by Gasteiger charge is -2.63. The molecule has 2 N–H and O–H groups in total. The normalized spacial score (nSPS) is 44.1. The van der Waals surface area contributed by atoms with Gasteiger partial charge < -0.3 is 15.2 Å². The second kappa shape index (κ2) is 5.24. The zero-order chi connectivity index (χ0) is 14.4. The molecule has 1 aliphatic carbocycles. The van der Waals surface area contributed by atoms with Crippen LogP contribution in [0.4, 0.5) is 0 Å². The van der Waals surface area contributed by atoms with Crippen LogP contribution < -0.4 is 5.73 Å². The number of hydrogen-bond donors (Lipinski definition) is 1. The summed E-state index contributed by atoms with van der Waals surface area (Å²) in [5.41, 5.74) is 6.85. The van der Waals surface area contributed by atoms with Gasteiger partial charge in [0.1, 0.15) is 0 Å². The lowest BCUT2D eigenvalue weighted by atomic mass is 9.48. The minimum atomic E-state index is -0.0950. The van der Waals surface area contributed by atoms with Crippen LogP contribution in [-0.4, -0.2) is 55.5 Å². The average molecular weight is 282 g/mol. The molecule has 1 saturated carbocycles. The van der Waals surface area contributed by atoms with Crippen molar-refractivity contribution in [3.63, 3.8) is 0 Å². The monoisotopic (exact) mass is 282 g/mol. The van der Waals surface area contributed by atoms with Crippen LogP contribution in [0.25, 0.3) is 0 Å². The Morgan fingerprint density at radius 3 is 2.90 bits per heavy atom. The van der Waals surface area contributed by atoms with E-state index >= 15 is 0 Å². The maximum absolute atomic E-state index is 6.85. The Morgan fingerprint density at radius 2 is 2.15 bits per heavy atom. The van der Waals surface area contributed by atoms with Gasteiger partial charge in [-0.2, -0.15) is 0 Å². The number of fused-ring (bicyclic) bond motifs is 1. The molecule has 0 radical (unpaired) electrons. The van der Waals surface area contributed by atoms with Gasteiger partial charge in [-0.1, -0.05) is 13.8 Å². The average Bonchev–Trinajstić information content (AvgIpc) is 2.88. The van der Waals surface area contributed by atoms with Crippen LogP contribution in [-0.2, 0) is 9.47 Å². The van der Waals surface area contributed by atoms with Crippen molar-refractivity contribution >= 4 is 0 Å². The molecule has 116 valence electrons. The predicted molar refractivity (Wildman–Crippen MR) is 79.6 cm³/mol. The van der Waals surface area contributed by atoms with Crippen LogP contribution in [0.1, 0.15) is 40.0 Å². The SMILES string of the molecule is CCOC1CCCN(CC2(N)C3CCOC3C2(C)C)C1. The Balaban J connectivity index is 1.64. The molecule has 2 aliphatic heterocycles. The highest BCUT2D eigenvalue weighted by Crippen LogP contribution is 2.58. The highest BCUT2D eigenvalue weighted by Gasteiger charge is 2.67. The molecule has 4 atom stereocenters. The number of piperidine rings is 1. The van der Waals surface area contributed by atoms with E-state index in [0.29, 0.717) is 18.1 Å².